The predicted molar refractivity (Wildman–Crippen MR) is 203 cm³/mol. The number of carbonyl (C=O) groups is 1. The van der Waals surface area contributed by atoms with Gasteiger partial charge in [-0.2, -0.15) is 9.57 Å². The molecule has 0 spiro atoms. The Hall–Kier alpha value is -4.61. The van der Waals surface area contributed by atoms with Crippen LogP contribution >= 0.6 is 12.2 Å². The Kier molecular flexibility index (Phi) is 12.0. The third-order valence-electron chi connectivity index (χ3n) is 8.54. The molecule has 2 aliphatic heterocycles. The smallest absolute Gasteiger partial charge is 0.250 e. The summed E-state index contributed by atoms with van der Waals surface area (Å²) in [4.78, 5) is 22.6. The quantitative estimate of drug-likeness (QED) is 0.168. The second kappa shape index (κ2) is 16.4. The average molecular weight is 713 g/mol. The molecule has 0 atom stereocenters. The lowest BCUT2D eigenvalue weighted by Gasteiger charge is -2.39. The van der Waals surface area contributed by atoms with Gasteiger partial charge in [-0.15, -0.1) is 0 Å². The zero-order valence-corrected chi connectivity index (χ0v) is 30.4. The average Bonchev–Trinajstić information content (AvgIpc) is 3.24. The summed E-state index contributed by atoms with van der Waals surface area (Å²) in [6, 6.07) is 21.9. The number of thiocarbonyl (C=S) groups is 1. The van der Waals surface area contributed by atoms with E-state index in [0.717, 1.165) is 35.3 Å². The van der Waals surface area contributed by atoms with Crippen LogP contribution in [0, 0.1) is 17.2 Å². The zero-order chi connectivity index (χ0) is 35.8. The number of amides is 1. The van der Waals surface area contributed by atoms with Gasteiger partial charge >= 0.3 is 0 Å². The standard InChI is InChI=1S/C37H44N8O3S2/c1-4-15-44(16-7-14-40-37(49)41-32-10-5-8-26(17-32)22-38)36(46)31-18-30-13-12-29(20-34(30)42-35(39)21-31)28-9-6-11-33(19-28)50(47,48)45-24-27(25-45)23-43(2)3/h5-6,8-13,17-20,27H,4,7,14-16,21,23-25H2,1-3H3,(H2,39,42)(H2,40,41,49). The van der Waals surface area contributed by atoms with E-state index >= 15 is 0 Å². The molecule has 2 heterocycles. The SMILES string of the molecule is CCCN(CCCNC(=S)Nc1cccc(C#N)c1)C(=O)C1=Cc2ccc(-c3cccc(S(=O)(=O)N4CC(CN(C)C)C4)c3)cc2N=C(N)C1. The Balaban J connectivity index is 1.24. The molecule has 262 valence electrons. The molecule has 0 bridgehead atoms. The zero-order valence-electron chi connectivity index (χ0n) is 28.7. The van der Waals surface area contributed by atoms with Crippen molar-refractivity contribution in [1.29, 1.82) is 5.26 Å². The molecule has 4 N–H and O–H groups in total. The Bertz CT molecular complexity index is 1950. The van der Waals surface area contributed by atoms with Gasteiger partial charge in [0.1, 0.15) is 5.84 Å². The molecule has 11 nitrogen and oxygen atoms in total. The fraction of sp³-hybridized carbons (Fsp3) is 0.351. The number of anilines is 1. The number of sulfonamides is 1. The minimum atomic E-state index is -3.60. The molecule has 0 aromatic heterocycles. The van der Waals surface area contributed by atoms with Crippen LogP contribution < -0.4 is 16.4 Å². The molecule has 5 rings (SSSR count). The van der Waals surface area contributed by atoms with E-state index in [1.807, 2.05) is 62.3 Å². The molecule has 1 saturated heterocycles. The van der Waals surface area contributed by atoms with Crippen molar-refractivity contribution in [2.75, 3.05) is 58.7 Å². The molecule has 50 heavy (non-hydrogen) atoms. The minimum Gasteiger partial charge on any atom is -0.387 e. The van der Waals surface area contributed by atoms with E-state index in [0.29, 0.717) is 72.8 Å². The number of benzene rings is 3. The van der Waals surface area contributed by atoms with E-state index in [1.54, 1.807) is 36.4 Å². The molecule has 2 aliphatic rings. The number of carbonyl (C=O) groups excluding carboxylic acids is 1. The number of amidine groups is 1. The summed E-state index contributed by atoms with van der Waals surface area (Å²) >= 11 is 5.41. The molecule has 13 heteroatoms. The fourth-order valence-electron chi connectivity index (χ4n) is 6.14. The maximum atomic E-state index is 13.8. The summed E-state index contributed by atoms with van der Waals surface area (Å²) in [6.07, 6.45) is 3.55. The summed E-state index contributed by atoms with van der Waals surface area (Å²) in [5, 5.41) is 15.8. The molecule has 3 aromatic carbocycles. The fourth-order valence-corrected chi connectivity index (χ4v) is 8.00. The van der Waals surface area contributed by atoms with Crippen molar-refractivity contribution >= 4 is 56.5 Å². The number of rotatable bonds is 13. The predicted octanol–water partition coefficient (Wildman–Crippen LogP) is 4.80. The van der Waals surface area contributed by atoms with Gasteiger partial charge in [0.05, 0.1) is 22.2 Å². The van der Waals surface area contributed by atoms with Gasteiger partial charge in [0, 0.05) is 62.5 Å². The normalized spacial score (nSPS) is 14.8. The van der Waals surface area contributed by atoms with Crippen LogP contribution in [0.25, 0.3) is 17.2 Å². The van der Waals surface area contributed by atoms with Crippen LogP contribution in [-0.4, -0.2) is 92.7 Å². The molecule has 0 aliphatic carbocycles. The van der Waals surface area contributed by atoms with Crippen molar-refractivity contribution in [2.24, 2.45) is 16.6 Å². The first-order valence-corrected chi connectivity index (χ1v) is 18.6. The lowest BCUT2D eigenvalue weighted by Crippen LogP contribution is -2.52. The molecular formula is C37H44N8O3S2. The van der Waals surface area contributed by atoms with Crippen LogP contribution in [0.4, 0.5) is 11.4 Å². The molecule has 0 unspecified atom stereocenters. The van der Waals surface area contributed by atoms with Gasteiger partial charge in [-0.3, -0.25) is 4.79 Å². The molecule has 3 aromatic rings. The molecule has 1 amide bonds. The maximum Gasteiger partial charge on any atom is 0.250 e. The van der Waals surface area contributed by atoms with Gasteiger partial charge in [-0.1, -0.05) is 37.3 Å². The van der Waals surface area contributed by atoms with E-state index in [2.05, 4.69) is 26.6 Å². The van der Waals surface area contributed by atoms with Crippen molar-refractivity contribution in [3.05, 3.63) is 83.4 Å². The highest BCUT2D eigenvalue weighted by Crippen LogP contribution is 2.34. The summed E-state index contributed by atoms with van der Waals surface area (Å²) in [7, 11) is 0.388. The van der Waals surface area contributed by atoms with Gasteiger partial charge in [-0.25, -0.2) is 13.4 Å². The first-order valence-electron chi connectivity index (χ1n) is 16.7. The third-order valence-corrected chi connectivity index (χ3v) is 10.6. The van der Waals surface area contributed by atoms with E-state index in [1.165, 1.54) is 4.31 Å². The van der Waals surface area contributed by atoms with Crippen LogP contribution in [0.5, 0.6) is 0 Å². The number of hydrogen-bond acceptors (Lipinski definition) is 8. The van der Waals surface area contributed by atoms with Crippen molar-refractivity contribution in [2.45, 2.75) is 31.1 Å². The summed E-state index contributed by atoms with van der Waals surface area (Å²) in [6.45, 7) is 5.61. The number of aliphatic imine (C=N–C) groups is 1. The largest absolute Gasteiger partial charge is 0.387 e. The third kappa shape index (κ3) is 9.13. The van der Waals surface area contributed by atoms with Gasteiger partial charge in [0.2, 0.25) is 15.9 Å². The lowest BCUT2D eigenvalue weighted by atomic mass is 10.0. The molecular weight excluding hydrogens is 669 g/mol. The maximum absolute atomic E-state index is 13.8. The number of nitrogens with zero attached hydrogens (tertiary/aromatic N) is 5. The van der Waals surface area contributed by atoms with Crippen LogP contribution in [-0.2, 0) is 14.8 Å². The Labute approximate surface area is 300 Å². The van der Waals surface area contributed by atoms with E-state index < -0.39 is 10.0 Å². The van der Waals surface area contributed by atoms with Gasteiger partial charge in [0.25, 0.3) is 0 Å². The number of nitrogens with two attached hydrogens (primary N) is 1. The number of nitrogens with one attached hydrogen (secondary N) is 2. The number of nitriles is 1. The first kappa shape index (κ1) is 36.7. The second-order valence-corrected chi connectivity index (χ2v) is 15.3. The Morgan fingerprint density at radius 3 is 2.58 bits per heavy atom. The van der Waals surface area contributed by atoms with E-state index in [4.69, 9.17) is 23.2 Å². The summed E-state index contributed by atoms with van der Waals surface area (Å²) in [5.41, 5.74) is 11.1. The topological polar surface area (TPSA) is 147 Å². The lowest BCUT2D eigenvalue weighted by molar-refractivity contribution is -0.127. The minimum absolute atomic E-state index is 0.0901. The Morgan fingerprint density at radius 2 is 1.84 bits per heavy atom. The van der Waals surface area contributed by atoms with Crippen molar-refractivity contribution < 1.29 is 13.2 Å². The highest BCUT2D eigenvalue weighted by atomic mass is 32.2. The summed E-state index contributed by atoms with van der Waals surface area (Å²) < 4.78 is 28.3. The van der Waals surface area contributed by atoms with E-state index in [9.17, 15) is 13.2 Å². The van der Waals surface area contributed by atoms with Crippen LogP contribution in [0.15, 0.2) is 82.2 Å². The van der Waals surface area contributed by atoms with Crippen LogP contribution in [0.2, 0.25) is 0 Å². The monoisotopic (exact) mass is 712 g/mol. The molecule has 1 fully saturated rings. The van der Waals surface area contributed by atoms with Crippen molar-refractivity contribution in [3.8, 4) is 17.2 Å². The van der Waals surface area contributed by atoms with Crippen LogP contribution in [0.1, 0.15) is 37.3 Å². The van der Waals surface area contributed by atoms with Crippen molar-refractivity contribution in [1.82, 2.24) is 19.4 Å². The molecule has 0 radical (unpaired) electrons. The Morgan fingerprint density at radius 1 is 1.08 bits per heavy atom. The highest BCUT2D eigenvalue weighted by molar-refractivity contribution is 7.89. The number of fused-ring (bicyclic) bond motifs is 1. The highest BCUT2D eigenvalue weighted by Gasteiger charge is 2.36. The van der Waals surface area contributed by atoms with E-state index in [-0.39, 0.29) is 17.2 Å². The number of hydrogen-bond donors (Lipinski definition) is 3. The van der Waals surface area contributed by atoms with Gasteiger partial charge < -0.3 is 26.2 Å². The second-order valence-electron chi connectivity index (χ2n) is 12.9. The van der Waals surface area contributed by atoms with Gasteiger partial charge in [-0.05, 0) is 98.7 Å². The van der Waals surface area contributed by atoms with Gasteiger partial charge in [0.15, 0.2) is 5.11 Å². The molecule has 0 saturated carbocycles. The first-order chi connectivity index (χ1) is 24.0. The summed E-state index contributed by atoms with van der Waals surface area (Å²) in [5.74, 6) is 0.573. The van der Waals surface area contributed by atoms with Crippen molar-refractivity contribution in [3.63, 3.8) is 0 Å². The van der Waals surface area contributed by atoms with Crippen LogP contribution in [0.3, 0.4) is 0 Å².